The molecule has 1 aliphatic heterocycles. The molecular weight excluding hydrogens is 366 g/mol. The summed E-state index contributed by atoms with van der Waals surface area (Å²) in [5, 5.41) is 16.6. The summed E-state index contributed by atoms with van der Waals surface area (Å²) < 4.78 is 0. The number of aldehydes is 1. The first-order chi connectivity index (χ1) is 13.8. The molecular formula is C23H27N3O3. The second-order valence-corrected chi connectivity index (χ2v) is 7.72. The molecule has 1 N–H and O–H groups in total. The number of fused-ring (bicyclic) bond motifs is 1. The average Bonchev–Trinajstić information content (AvgIpc) is 2.82. The molecule has 0 fully saturated rings. The zero-order chi connectivity index (χ0) is 21.3. The third kappa shape index (κ3) is 3.75. The van der Waals surface area contributed by atoms with Crippen molar-refractivity contribution < 1.29 is 14.7 Å². The summed E-state index contributed by atoms with van der Waals surface area (Å²) >= 11 is 0. The molecule has 1 aliphatic rings. The molecule has 6 heteroatoms. The Morgan fingerprint density at radius 3 is 2.34 bits per heavy atom. The molecule has 3 rings (SSSR count). The van der Waals surface area contributed by atoms with Crippen molar-refractivity contribution in [1.29, 1.82) is 0 Å². The van der Waals surface area contributed by atoms with Gasteiger partial charge in [0.2, 0.25) is 0 Å². The maximum absolute atomic E-state index is 13.6. The first-order valence-electron chi connectivity index (χ1n) is 9.89. The monoisotopic (exact) mass is 393 g/mol. The summed E-state index contributed by atoms with van der Waals surface area (Å²) in [6, 6.07) is 9.96. The fourth-order valence-electron chi connectivity index (χ4n) is 3.33. The van der Waals surface area contributed by atoms with Crippen molar-refractivity contribution in [2.24, 2.45) is 11.0 Å². The number of aromatic hydroxyl groups is 1. The van der Waals surface area contributed by atoms with E-state index in [4.69, 9.17) is 5.10 Å². The van der Waals surface area contributed by atoms with Gasteiger partial charge in [0.25, 0.3) is 0 Å². The number of carbonyl (C=O) groups excluding carboxylic acids is 2. The van der Waals surface area contributed by atoms with Crippen LogP contribution in [0.5, 0.6) is 5.75 Å². The minimum Gasteiger partial charge on any atom is -0.508 e. The lowest BCUT2D eigenvalue weighted by atomic mass is 9.93. The number of rotatable bonds is 5. The Kier molecular flexibility index (Phi) is 5.73. The van der Waals surface area contributed by atoms with Crippen molar-refractivity contribution in [3.05, 3.63) is 53.1 Å². The predicted octanol–water partition coefficient (Wildman–Crippen LogP) is 5.25. The second kappa shape index (κ2) is 8.07. The van der Waals surface area contributed by atoms with Gasteiger partial charge in [0.1, 0.15) is 12.0 Å². The molecule has 0 saturated carbocycles. The quantitative estimate of drug-likeness (QED) is 0.706. The largest absolute Gasteiger partial charge is 0.508 e. The van der Waals surface area contributed by atoms with Gasteiger partial charge in [-0.15, -0.1) is 0 Å². The number of hydrogen-bond donors (Lipinski definition) is 1. The topological polar surface area (TPSA) is 73.2 Å². The summed E-state index contributed by atoms with van der Waals surface area (Å²) in [5.74, 6) is 0.267. The van der Waals surface area contributed by atoms with Crippen molar-refractivity contribution in [3.8, 4) is 5.75 Å². The van der Waals surface area contributed by atoms with Gasteiger partial charge in [-0.1, -0.05) is 13.8 Å². The van der Waals surface area contributed by atoms with Crippen molar-refractivity contribution in [2.75, 3.05) is 4.90 Å². The van der Waals surface area contributed by atoms with Crippen LogP contribution < -0.4 is 4.90 Å². The number of phenolic OH excluding ortho intramolecular Hbond substituents is 1. The third-order valence-corrected chi connectivity index (χ3v) is 5.29. The van der Waals surface area contributed by atoms with Crippen LogP contribution in [-0.2, 0) is 0 Å². The lowest BCUT2D eigenvalue weighted by Gasteiger charge is -2.29. The summed E-state index contributed by atoms with van der Waals surface area (Å²) in [6.07, 6.45) is 1.62. The number of hydrazone groups is 1. The first-order valence-corrected chi connectivity index (χ1v) is 9.89. The zero-order valence-electron chi connectivity index (χ0n) is 17.5. The van der Waals surface area contributed by atoms with Gasteiger partial charge in [-0.2, -0.15) is 5.10 Å². The lowest BCUT2D eigenvalue weighted by Crippen LogP contribution is -2.41. The fourth-order valence-corrected chi connectivity index (χ4v) is 3.33. The van der Waals surface area contributed by atoms with Crippen molar-refractivity contribution in [1.82, 2.24) is 5.01 Å². The van der Waals surface area contributed by atoms with E-state index in [1.165, 1.54) is 5.01 Å². The van der Waals surface area contributed by atoms with Gasteiger partial charge in [0, 0.05) is 17.0 Å². The van der Waals surface area contributed by atoms with Crippen LogP contribution in [0, 0.1) is 12.8 Å². The second-order valence-electron chi connectivity index (χ2n) is 7.72. The maximum atomic E-state index is 13.6. The number of benzene rings is 2. The van der Waals surface area contributed by atoms with Gasteiger partial charge in [0.15, 0.2) is 0 Å². The minimum atomic E-state index is -0.275. The number of carbonyl (C=O) groups is 2. The Bertz CT molecular complexity index is 964. The summed E-state index contributed by atoms with van der Waals surface area (Å²) in [4.78, 5) is 26.2. The number of nitrogens with zero attached hydrogens (tertiary/aromatic N) is 3. The van der Waals surface area contributed by atoms with E-state index in [9.17, 15) is 14.7 Å². The molecule has 152 valence electrons. The lowest BCUT2D eigenvalue weighted by molar-refractivity contribution is 0.112. The highest BCUT2D eigenvalue weighted by Crippen LogP contribution is 2.38. The molecule has 1 unspecified atom stereocenters. The number of amides is 2. The van der Waals surface area contributed by atoms with Gasteiger partial charge < -0.3 is 5.11 Å². The van der Waals surface area contributed by atoms with Gasteiger partial charge >= 0.3 is 6.03 Å². The number of phenols is 1. The molecule has 2 amide bonds. The van der Waals surface area contributed by atoms with E-state index >= 15 is 0 Å². The molecule has 0 saturated heterocycles. The molecule has 0 radical (unpaired) electrons. The van der Waals surface area contributed by atoms with Crippen LogP contribution in [-0.4, -0.2) is 34.2 Å². The molecule has 6 nitrogen and oxygen atoms in total. The third-order valence-electron chi connectivity index (χ3n) is 5.29. The average molecular weight is 393 g/mol. The molecule has 2 aromatic carbocycles. The highest BCUT2D eigenvalue weighted by molar-refractivity contribution is 6.14. The Hall–Kier alpha value is -3.15. The number of urea groups is 1. The van der Waals surface area contributed by atoms with E-state index in [1.807, 2.05) is 19.9 Å². The van der Waals surface area contributed by atoms with Gasteiger partial charge in [-0.25, -0.2) is 9.80 Å². The molecule has 0 bridgehead atoms. The highest BCUT2D eigenvalue weighted by atomic mass is 16.3. The van der Waals surface area contributed by atoms with Crippen molar-refractivity contribution >= 4 is 29.4 Å². The van der Waals surface area contributed by atoms with E-state index < -0.39 is 0 Å². The van der Waals surface area contributed by atoms with Gasteiger partial charge in [0.05, 0.1) is 23.1 Å². The molecule has 1 atom stereocenters. The van der Waals surface area contributed by atoms with E-state index in [-0.39, 0.29) is 23.7 Å². The van der Waals surface area contributed by atoms with Gasteiger partial charge in [-0.05, 0) is 69.2 Å². The van der Waals surface area contributed by atoms with E-state index in [0.717, 1.165) is 24.0 Å². The fraction of sp³-hybridized carbons (Fsp3) is 0.348. The number of anilines is 2. The van der Waals surface area contributed by atoms with E-state index in [1.54, 1.807) is 42.2 Å². The van der Waals surface area contributed by atoms with E-state index in [2.05, 4.69) is 13.8 Å². The minimum absolute atomic E-state index is 0.0993. The van der Waals surface area contributed by atoms with Gasteiger partial charge in [-0.3, -0.25) is 9.69 Å². The van der Waals surface area contributed by atoms with Crippen molar-refractivity contribution in [2.45, 2.75) is 47.1 Å². The molecule has 0 spiro atoms. The maximum Gasteiger partial charge on any atom is 0.349 e. The first kappa shape index (κ1) is 20.6. The van der Waals surface area contributed by atoms with Crippen LogP contribution in [0.4, 0.5) is 16.2 Å². The smallest absolute Gasteiger partial charge is 0.349 e. The van der Waals surface area contributed by atoms with Crippen LogP contribution in [0.15, 0.2) is 41.5 Å². The van der Waals surface area contributed by atoms with Crippen LogP contribution >= 0.6 is 0 Å². The van der Waals surface area contributed by atoms with Crippen molar-refractivity contribution in [3.63, 3.8) is 0 Å². The molecule has 1 heterocycles. The summed E-state index contributed by atoms with van der Waals surface area (Å²) in [7, 11) is 0. The molecule has 2 aromatic rings. The number of hydrogen-bond acceptors (Lipinski definition) is 4. The Morgan fingerprint density at radius 2 is 1.79 bits per heavy atom. The van der Waals surface area contributed by atoms with Crippen LogP contribution in [0.2, 0.25) is 0 Å². The zero-order valence-corrected chi connectivity index (χ0v) is 17.5. The predicted molar refractivity (Wildman–Crippen MR) is 115 cm³/mol. The molecule has 0 aromatic heterocycles. The molecule has 29 heavy (non-hydrogen) atoms. The van der Waals surface area contributed by atoms with Crippen LogP contribution in [0.1, 0.15) is 55.6 Å². The van der Waals surface area contributed by atoms with Crippen LogP contribution in [0.25, 0.3) is 0 Å². The van der Waals surface area contributed by atoms with Crippen LogP contribution in [0.3, 0.4) is 0 Å². The standard InChI is InChI=1S/C23H27N3O3/c1-6-15(4)22-19-12-21(28)16(5)11-20(19)25(23(29)26(24-22)14(2)3)18-9-7-17(13-27)8-10-18/h7-15,28H,6H2,1-5H3. The summed E-state index contributed by atoms with van der Waals surface area (Å²) in [6.45, 7) is 9.78. The highest BCUT2D eigenvalue weighted by Gasteiger charge is 2.34. The summed E-state index contributed by atoms with van der Waals surface area (Å²) in [5.41, 5.74) is 4.03. The number of aryl methyl sites for hydroxylation is 1. The normalized spacial score (nSPS) is 15.1. The molecule has 0 aliphatic carbocycles. The Labute approximate surface area is 171 Å². The van der Waals surface area contributed by atoms with E-state index in [0.29, 0.717) is 22.5 Å². The SMILES string of the molecule is CCC(C)C1=NN(C(C)C)C(=O)N(c2ccc(C=O)cc2)c2cc(C)c(O)cc21. The Balaban J connectivity index is 2.31. The Morgan fingerprint density at radius 1 is 1.14 bits per heavy atom.